The highest BCUT2D eigenvalue weighted by atomic mass is 16.1. The fraction of sp³-hybridized carbons (Fsp3) is 0.154. The van der Waals surface area contributed by atoms with Crippen molar-refractivity contribution < 1.29 is 4.79 Å². The first kappa shape index (κ1) is 10.5. The molecule has 1 heterocycles. The SMILES string of the molecule is Cc1ccc(C)n1-c1ccc(NC=O)cc1. The average Bonchev–Trinajstić information content (AvgIpc) is 2.61. The van der Waals surface area contributed by atoms with Gasteiger partial charge in [0.2, 0.25) is 6.41 Å². The number of anilines is 1. The molecule has 1 N–H and O–H groups in total. The van der Waals surface area contributed by atoms with Gasteiger partial charge in [0.05, 0.1) is 0 Å². The van der Waals surface area contributed by atoms with Gasteiger partial charge in [-0.1, -0.05) is 0 Å². The zero-order valence-electron chi connectivity index (χ0n) is 9.40. The van der Waals surface area contributed by atoms with Crippen molar-refractivity contribution in [1.82, 2.24) is 4.57 Å². The Labute approximate surface area is 94.7 Å². The molecule has 0 aliphatic carbocycles. The Morgan fingerprint density at radius 2 is 1.56 bits per heavy atom. The van der Waals surface area contributed by atoms with E-state index >= 15 is 0 Å². The third-order valence-electron chi connectivity index (χ3n) is 2.62. The summed E-state index contributed by atoms with van der Waals surface area (Å²) in [5.74, 6) is 0. The summed E-state index contributed by atoms with van der Waals surface area (Å²) in [7, 11) is 0. The van der Waals surface area contributed by atoms with Crippen LogP contribution in [0.15, 0.2) is 36.4 Å². The van der Waals surface area contributed by atoms with Crippen molar-refractivity contribution in [3.05, 3.63) is 47.8 Å². The van der Waals surface area contributed by atoms with Gasteiger partial charge in [-0.05, 0) is 50.2 Å². The Balaban J connectivity index is 2.38. The molecule has 1 aromatic carbocycles. The summed E-state index contributed by atoms with van der Waals surface area (Å²) >= 11 is 0. The van der Waals surface area contributed by atoms with Crippen molar-refractivity contribution in [2.24, 2.45) is 0 Å². The van der Waals surface area contributed by atoms with E-state index in [1.165, 1.54) is 11.4 Å². The monoisotopic (exact) mass is 214 g/mol. The molecule has 0 aliphatic heterocycles. The number of aromatic nitrogens is 1. The molecule has 0 saturated carbocycles. The highest BCUT2D eigenvalue weighted by molar-refractivity contribution is 5.71. The van der Waals surface area contributed by atoms with E-state index in [0.29, 0.717) is 6.41 Å². The molecule has 0 spiro atoms. The van der Waals surface area contributed by atoms with Crippen molar-refractivity contribution in [2.45, 2.75) is 13.8 Å². The van der Waals surface area contributed by atoms with Crippen LogP contribution < -0.4 is 5.32 Å². The number of carbonyl (C=O) groups is 1. The lowest BCUT2D eigenvalue weighted by atomic mass is 10.2. The maximum Gasteiger partial charge on any atom is 0.211 e. The molecular formula is C13H14N2O. The number of amides is 1. The number of aryl methyl sites for hydroxylation is 2. The summed E-state index contributed by atoms with van der Waals surface area (Å²) in [5.41, 5.74) is 4.32. The van der Waals surface area contributed by atoms with Crippen LogP contribution in [0.25, 0.3) is 5.69 Å². The number of nitrogens with one attached hydrogen (secondary N) is 1. The van der Waals surface area contributed by atoms with Gasteiger partial charge in [0.15, 0.2) is 0 Å². The molecule has 0 fully saturated rings. The minimum Gasteiger partial charge on any atom is -0.329 e. The van der Waals surface area contributed by atoms with Crippen LogP contribution in [0.2, 0.25) is 0 Å². The molecule has 1 amide bonds. The van der Waals surface area contributed by atoms with Crippen LogP contribution in [0.3, 0.4) is 0 Å². The third kappa shape index (κ3) is 1.84. The van der Waals surface area contributed by atoms with E-state index in [4.69, 9.17) is 0 Å². The van der Waals surface area contributed by atoms with Gasteiger partial charge in [0.1, 0.15) is 0 Å². The first-order valence-electron chi connectivity index (χ1n) is 5.18. The van der Waals surface area contributed by atoms with Gasteiger partial charge in [0, 0.05) is 22.8 Å². The normalized spacial score (nSPS) is 10.1. The summed E-state index contributed by atoms with van der Waals surface area (Å²) in [6.07, 6.45) is 0.682. The first-order chi connectivity index (χ1) is 7.72. The molecule has 0 radical (unpaired) electrons. The summed E-state index contributed by atoms with van der Waals surface area (Å²) in [4.78, 5) is 10.3. The predicted octanol–water partition coefficient (Wildman–Crippen LogP) is 2.66. The van der Waals surface area contributed by atoms with E-state index in [2.05, 4.69) is 35.9 Å². The fourth-order valence-corrected chi connectivity index (χ4v) is 1.85. The largest absolute Gasteiger partial charge is 0.329 e. The molecular weight excluding hydrogens is 200 g/mol. The van der Waals surface area contributed by atoms with E-state index in [1.807, 2.05) is 24.3 Å². The highest BCUT2D eigenvalue weighted by Crippen LogP contribution is 2.18. The van der Waals surface area contributed by atoms with Crippen LogP contribution in [0.4, 0.5) is 5.69 Å². The Bertz CT molecular complexity index is 478. The average molecular weight is 214 g/mol. The zero-order chi connectivity index (χ0) is 11.5. The second kappa shape index (κ2) is 4.23. The summed E-state index contributed by atoms with van der Waals surface area (Å²) < 4.78 is 2.17. The molecule has 2 aromatic rings. The molecule has 3 nitrogen and oxygen atoms in total. The van der Waals surface area contributed by atoms with Gasteiger partial charge in [-0.2, -0.15) is 0 Å². The molecule has 0 aliphatic rings. The van der Waals surface area contributed by atoms with Gasteiger partial charge in [-0.25, -0.2) is 0 Å². The lowest BCUT2D eigenvalue weighted by Gasteiger charge is -2.09. The number of hydrogen-bond acceptors (Lipinski definition) is 1. The first-order valence-corrected chi connectivity index (χ1v) is 5.18. The molecule has 3 heteroatoms. The van der Waals surface area contributed by atoms with Gasteiger partial charge in [0.25, 0.3) is 0 Å². The number of rotatable bonds is 3. The fourth-order valence-electron chi connectivity index (χ4n) is 1.85. The van der Waals surface area contributed by atoms with Crippen LogP contribution in [-0.2, 0) is 4.79 Å². The molecule has 16 heavy (non-hydrogen) atoms. The van der Waals surface area contributed by atoms with Crippen molar-refractivity contribution in [3.63, 3.8) is 0 Å². The number of hydrogen-bond donors (Lipinski definition) is 1. The topological polar surface area (TPSA) is 34.0 Å². The Hall–Kier alpha value is -2.03. The minimum absolute atomic E-state index is 0.682. The summed E-state index contributed by atoms with van der Waals surface area (Å²) in [5, 5.41) is 2.62. The van der Waals surface area contributed by atoms with Crippen molar-refractivity contribution in [1.29, 1.82) is 0 Å². The number of benzene rings is 1. The second-order valence-electron chi connectivity index (χ2n) is 3.76. The van der Waals surface area contributed by atoms with Crippen molar-refractivity contribution in [3.8, 4) is 5.69 Å². The van der Waals surface area contributed by atoms with Gasteiger partial charge < -0.3 is 9.88 Å². The Morgan fingerprint density at radius 1 is 1.00 bits per heavy atom. The lowest BCUT2D eigenvalue weighted by molar-refractivity contribution is -0.105. The molecule has 0 saturated heterocycles. The smallest absolute Gasteiger partial charge is 0.211 e. The molecule has 0 atom stereocenters. The predicted molar refractivity (Wildman–Crippen MR) is 64.9 cm³/mol. The summed E-state index contributed by atoms with van der Waals surface area (Å²) in [6.45, 7) is 4.15. The second-order valence-corrected chi connectivity index (χ2v) is 3.76. The van der Waals surface area contributed by atoms with Crippen LogP contribution in [0.1, 0.15) is 11.4 Å². The summed E-state index contributed by atoms with van der Waals surface area (Å²) in [6, 6.07) is 11.9. The minimum atomic E-state index is 0.682. The Kier molecular flexibility index (Phi) is 2.77. The van der Waals surface area contributed by atoms with E-state index < -0.39 is 0 Å². The standard InChI is InChI=1S/C13H14N2O/c1-10-3-4-11(2)15(10)13-7-5-12(6-8-13)14-9-16/h3-9H,1-2H3,(H,14,16). The van der Waals surface area contributed by atoms with Gasteiger partial charge >= 0.3 is 0 Å². The van der Waals surface area contributed by atoms with Crippen LogP contribution >= 0.6 is 0 Å². The van der Waals surface area contributed by atoms with E-state index in [9.17, 15) is 4.79 Å². The molecule has 82 valence electrons. The van der Waals surface area contributed by atoms with Crippen molar-refractivity contribution >= 4 is 12.1 Å². The van der Waals surface area contributed by atoms with E-state index in [0.717, 1.165) is 11.4 Å². The van der Waals surface area contributed by atoms with E-state index in [-0.39, 0.29) is 0 Å². The van der Waals surface area contributed by atoms with Crippen LogP contribution in [0, 0.1) is 13.8 Å². The van der Waals surface area contributed by atoms with Gasteiger partial charge in [-0.3, -0.25) is 4.79 Å². The molecule has 0 unspecified atom stereocenters. The Morgan fingerprint density at radius 3 is 2.06 bits per heavy atom. The van der Waals surface area contributed by atoms with Gasteiger partial charge in [-0.15, -0.1) is 0 Å². The number of carbonyl (C=O) groups excluding carboxylic acids is 1. The van der Waals surface area contributed by atoms with Crippen LogP contribution in [0.5, 0.6) is 0 Å². The molecule has 0 bridgehead atoms. The molecule has 2 rings (SSSR count). The third-order valence-corrected chi connectivity index (χ3v) is 2.62. The van der Waals surface area contributed by atoms with E-state index in [1.54, 1.807) is 0 Å². The number of nitrogens with zero attached hydrogens (tertiary/aromatic N) is 1. The quantitative estimate of drug-likeness (QED) is 0.783. The molecule has 1 aromatic heterocycles. The highest BCUT2D eigenvalue weighted by Gasteiger charge is 2.03. The maximum absolute atomic E-state index is 10.3. The maximum atomic E-state index is 10.3. The lowest BCUT2D eigenvalue weighted by Crippen LogP contribution is -1.99. The van der Waals surface area contributed by atoms with Crippen LogP contribution in [-0.4, -0.2) is 11.0 Å². The zero-order valence-corrected chi connectivity index (χ0v) is 9.40. The van der Waals surface area contributed by atoms with Crippen molar-refractivity contribution in [2.75, 3.05) is 5.32 Å².